The minimum absolute atomic E-state index is 0.186. The second-order valence-corrected chi connectivity index (χ2v) is 8.86. The number of benzene rings is 2. The number of carbonyl (C=O) groups is 1. The van der Waals surface area contributed by atoms with E-state index in [1.165, 1.54) is 0 Å². The number of carbonyl (C=O) groups excluding carboxylic acids is 1. The number of thioether (sulfide) groups is 1. The Hall–Kier alpha value is -1.96. The normalized spacial score (nSPS) is 14.5. The summed E-state index contributed by atoms with van der Waals surface area (Å²) in [6, 6.07) is 13.8. The third-order valence-corrected chi connectivity index (χ3v) is 7.04. The number of rotatable bonds is 5. The number of anilines is 1. The van der Waals surface area contributed by atoms with Gasteiger partial charge in [-0.05, 0) is 24.3 Å². The van der Waals surface area contributed by atoms with Gasteiger partial charge in [0.15, 0.2) is 10.9 Å². The lowest BCUT2D eigenvalue weighted by molar-refractivity contribution is -0.128. The first-order valence-corrected chi connectivity index (χ1v) is 11.2. The van der Waals surface area contributed by atoms with Crippen LogP contribution in [0.3, 0.4) is 0 Å². The predicted molar refractivity (Wildman–Crippen MR) is 117 cm³/mol. The van der Waals surface area contributed by atoms with Gasteiger partial charge in [0.05, 0.1) is 22.6 Å². The van der Waals surface area contributed by atoms with Crippen LogP contribution in [0.1, 0.15) is 0 Å². The highest BCUT2D eigenvalue weighted by Gasteiger charge is 2.24. The van der Waals surface area contributed by atoms with Gasteiger partial charge in [-0.3, -0.25) is 4.79 Å². The molecule has 0 radical (unpaired) electrons. The first-order valence-electron chi connectivity index (χ1n) is 8.99. The number of thiazole rings is 1. The van der Waals surface area contributed by atoms with E-state index in [9.17, 15) is 4.79 Å². The van der Waals surface area contributed by atoms with Gasteiger partial charge in [0.25, 0.3) is 0 Å². The van der Waals surface area contributed by atoms with Gasteiger partial charge >= 0.3 is 0 Å². The molecule has 0 saturated carbocycles. The highest BCUT2D eigenvalue weighted by molar-refractivity contribution is 8.00. The fourth-order valence-electron chi connectivity index (χ4n) is 3.16. The molecule has 0 bridgehead atoms. The molecule has 0 unspecified atom stereocenters. The molecule has 1 aromatic heterocycles. The van der Waals surface area contributed by atoms with Crippen LogP contribution in [0.2, 0.25) is 5.02 Å². The minimum atomic E-state index is 0.186. The van der Waals surface area contributed by atoms with Gasteiger partial charge in [0, 0.05) is 31.1 Å². The third-order valence-electron chi connectivity index (χ3n) is 4.67. The molecule has 8 heteroatoms. The molecule has 4 rings (SSSR count). The zero-order valence-electron chi connectivity index (χ0n) is 15.4. The fraction of sp³-hybridized carbons (Fsp3) is 0.300. The van der Waals surface area contributed by atoms with Crippen LogP contribution in [0, 0.1) is 0 Å². The molecule has 0 spiro atoms. The Bertz CT molecular complexity index is 972. The number of fused-ring (bicyclic) bond motifs is 1. The molecule has 3 aromatic rings. The van der Waals surface area contributed by atoms with Gasteiger partial charge in [0.2, 0.25) is 5.91 Å². The first kappa shape index (κ1) is 19.4. The van der Waals surface area contributed by atoms with Crippen molar-refractivity contribution < 1.29 is 9.53 Å². The van der Waals surface area contributed by atoms with Crippen molar-refractivity contribution in [1.82, 2.24) is 9.88 Å². The van der Waals surface area contributed by atoms with Crippen LogP contribution in [-0.4, -0.2) is 54.8 Å². The van der Waals surface area contributed by atoms with Gasteiger partial charge in [0.1, 0.15) is 5.52 Å². The van der Waals surface area contributed by atoms with Gasteiger partial charge < -0.3 is 14.5 Å². The van der Waals surface area contributed by atoms with Crippen LogP contribution in [0.15, 0.2) is 47.4 Å². The van der Waals surface area contributed by atoms with Crippen molar-refractivity contribution in [2.45, 2.75) is 4.90 Å². The molecule has 146 valence electrons. The Labute approximate surface area is 177 Å². The monoisotopic (exact) mass is 433 g/mol. The standard InChI is InChI=1S/C20H20ClN3O2S2/c1-26-19-15(21)7-8-16-18(19)22-20(28-16)24-11-9-23(10-12-24)17(25)13-27-14-5-3-2-4-6-14/h2-8H,9-13H2,1H3. The van der Waals surface area contributed by atoms with Crippen LogP contribution in [0.25, 0.3) is 10.2 Å². The Balaban J connectivity index is 1.37. The van der Waals surface area contributed by atoms with Crippen LogP contribution >= 0.6 is 34.7 Å². The molecule has 0 atom stereocenters. The summed E-state index contributed by atoms with van der Waals surface area (Å²) in [4.78, 5) is 22.6. The average Bonchev–Trinajstić information content (AvgIpc) is 3.17. The fourth-order valence-corrected chi connectivity index (χ4v) is 5.23. The van der Waals surface area contributed by atoms with Crippen LogP contribution in [-0.2, 0) is 4.79 Å². The highest BCUT2D eigenvalue weighted by atomic mass is 35.5. The SMILES string of the molecule is COc1c(Cl)ccc2sc(N3CCN(C(=O)CSc4ccccc4)CC3)nc12. The highest BCUT2D eigenvalue weighted by Crippen LogP contribution is 2.38. The van der Waals surface area contributed by atoms with E-state index < -0.39 is 0 Å². The first-order chi connectivity index (χ1) is 13.7. The molecule has 1 aliphatic heterocycles. The van der Waals surface area contributed by atoms with Gasteiger partial charge in [-0.2, -0.15) is 0 Å². The summed E-state index contributed by atoms with van der Waals surface area (Å²) in [5.74, 6) is 1.28. The smallest absolute Gasteiger partial charge is 0.233 e. The third kappa shape index (κ3) is 4.06. The van der Waals surface area contributed by atoms with Crippen molar-refractivity contribution in [3.8, 4) is 5.75 Å². The Morgan fingerprint density at radius 3 is 2.64 bits per heavy atom. The molecule has 5 nitrogen and oxygen atoms in total. The van der Waals surface area contributed by atoms with Crippen LogP contribution in [0.4, 0.5) is 5.13 Å². The molecule has 1 fully saturated rings. The number of hydrogen-bond donors (Lipinski definition) is 0. The maximum Gasteiger partial charge on any atom is 0.233 e. The van der Waals surface area contributed by atoms with Crippen molar-refractivity contribution in [2.24, 2.45) is 0 Å². The lowest BCUT2D eigenvalue weighted by Crippen LogP contribution is -2.49. The van der Waals surface area contributed by atoms with Crippen LogP contribution < -0.4 is 9.64 Å². The number of halogens is 1. The number of methoxy groups -OCH3 is 1. The molecule has 1 saturated heterocycles. The van der Waals surface area contributed by atoms with E-state index in [2.05, 4.69) is 4.90 Å². The maximum atomic E-state index is 12.5. The van der Waals surface area contributed by atoms with Gasteiger partial charge in [-0.25, -0.2) is 4.98 Å². The topological polar surface area (TPSA) is 45.7 Å². The molecular weight excluding hydrogens is 414 g/mol. The predicted octanol–water partition coefficient (Wildman–Crippen LogP) is 4.40. The van der Waals surface area contributed by atoms with E-state index in [0.717, 1.165) is 33.3 Å². The summed E-state index contributed by atoms with van der Waals surface area (Å²) in [6.07, 6.45) is 0. The molecule has 0 N–H and O–H groups in total. The van der Waals surface area contributed by atoms with E-state index in [1.54, 1.807) is 30.2 Å². The average molecular weight is 434 g/mol. The van der Waals surface area contributed by atoms with E-state index in [0.29, 0.717) is 29.6 Å². The Kier molecular flexibility index (Phi) is 5.94. The van der Waals surface area contributed by atoms with E-state index in [4.69, 9.17) is 21.3 Å². The Morgan fingerprint density at radius 1 is 1.18 bits per heavy atom. The van der Waals surface area contributed by atoms with Crippen LogP contribution in [0.5, 0.6) is 5.75 Å². The quantitative estimate of drug-likeness (QED) is 0.558. The van der Waals surface area contributed by atoms with Gasteiger partial charge in [-0.15, -0.1) is 11.8 Å². The second kappa shape index (κ2) is 8.59. The van der Waals surface area contributed by atoms with Gasteiger partial charge in [-0.1, -0.05) is 41.1 Å². The van der Waals surface area contributed by atoms with Crippen molar-refractivity contribution in [2.75, 3.05) is 43.9 Å². The summed E-state index contributed by atoms with van der Waals surface area (Å²) in [6.45, 7) is 2.97. The number of aromatic nitrogens is 1. The van der Waals surface area contributed by atoms with E-state index in [1.807, 2.05) is 47.4 Å². The molecule has 1 amide bonds. The van der Waals surface area contributed by atoms with Crippen molar-refractivity contribution >= 4 is 56.0 Å². The van der Waals surface area contributed by atoms with E-state index >= 15 is 0 Å². The molecule has 28 heavy (non-hydrogen) atoms. The summed E-state index contributed by atoms with van der Waals surface area (Å²) < 4.78 is 6.46. The molecule has 2 aromatic carbocycles. The summed E-state index contributed by atoms with van der Waals surface area (Å²) in [7, 11) is 1.61. The second-order valence-electron chi connectivity index (χ2n) is 6.39. The molecule has 1 aliphatic rings. The lowest BCUT2D eigenvalue weighted by Gasteiger charge is -2.34. The molecule has 2 heterocycles. The number of hydrogen-bond acceptors (Lipinski definition) is 6. The number of amides is 1. The zero-order chi connectivity index (χ0) is 19.5. The van der Waals surface area contributed by atoms with Crippen molar-refractivity contribution in [3.05, 3.63) is 47.5 Å². The molecular formula is C20H20ClN3O2S2. The number of nitrogens with zero attached hydrogens (tertiary/aromatic N) is 3. The maximum absolute atomic E-state index is 12.5. The van der Waals surface area contributed by atoms with E-state index in [-0.39, 0.29) is 5.91 Å². The Morgan fingerprint density at radius 2 is 1.93 bits per heavy atom. The summed E-state index contributed by atoms with van der Waals surface area (Å²) in [5.41, 5.74) is 0.799. The van der Waals surface area contributed by atoms with Crippen molar-refractivity contribution in [3.63, 3.8) is 0 Å². The number of ether oxygens (including phenoxy) is 1. The molecule has 0 aliphatic carbocycles. The zero-order valence-corrected chi connectivity index (χ0v) is 17.8. The summed E-state index contributed by atoms with van der Waals surface area (Å²) >= 11 is 9.42. The number of piperazine rings is 1. The minimum Gasteiger partial charge on any atom is -0.493 e. The summed E-state index contributed by atoms with van der Waals surface area (Å²) in [5, 5.41) is 1.51. The van der Waals surface area contributed by atoms with Crippen molar-refractivity contribution in [1.29, 1.82) is 0 Å². The largest absolute Gasteiger partial charge is 0.493 e. The lowest BCUT2D eigenvalue weighted by atomic mass is 10.3.